The van der Waals surface area contributed by atoms with E-state index in [0.717, 1.165) is 6.26 Å². The third-order valence-electron chi connectivity index (χ3n) is 1.97. The number of nitro benzene ring substituents is 1. The van der Waals surface area contributed by atoms with Crippen LogP contribution in [0.2, 0.25) is 0 Å². The Morgan fingerprint density at radius 1 is 1.44 bits per heavy atom. The van der Waals surface area contributed by atoms with Gasteiger partial charge in [0.05, 0.1) is 17.8 Å². The molecule has 0 aliphatic carbocycles. The first-order chi connectivity index (χ1) is 7.29. The highest BCUT2D eigenvalue weighted by atomic mass is 32.2. The van der Waals surface area contributed by atoms with Crippen molar-refractivity contribution in [2.24, 2.45) is 0 Å². The number of hydrogen-bond acceptors (Lipinski definition) is 5. The molecule has 0 aliphatic heterocycles. The van der Waals surface area contributed by atoms with Crippen molar-refractivity contribution < 1.29 is 17.5 Å². The molecule has 0 bridgehead atoms. The van der Waals surface area contributed by atoms with E-state index in [2.05, 4.69) is 4.18 Å². The zero-order valence-corrected chi connectivity index (χ0v) is 9.65. The Labute approximate surface area is 93.1 Å². The van der Waals surface area contributed by atoms with E-state index in [1.165, 1.54) is 18.2 Å². The van der Waals surface area contributed by atoms with Gasteiger partial charge in [-0.1, -0.05) is 0 Å². The van der Waals surface area contributed by atoms with Gasteiger partial charge in [-0.2, -0.15) is 8.42 Å². The fourth-order valence-electron chi connectivity index (χ4n) is 1.13. The smallest absolute Gasteiger partial charge is 0.265 e. The molecular weight excluding hydrogens is 234 g/mol. The molecule has 0 aliphatic rings. The molecule has 0 saturated carbocycles. The minimum atomic E-state index is -3.50. The number of rotatable bonds is 4. The lowest BCUT2D eigenvalue weighted by Gasteiger charge is -2.05. The average Bonchev–Trinajstić information content (AvgIpc) is 2.14. The van der Waals surface area contributed by atoms with Gasteiger partial charge in [-0.15, -0.1) is 0 Å². The maximum atomic E-state index is 10.8. The second-order valence-corrected chi connectivity index (χ2v) is 4.98. The largest absolute Gasteiger partial charge is 0.269 e. The number of aryl methyl sites for hydroxylation is 1. The van der Waals surface area contributed by atoms with E-state index in [0.29, 0.717) is 11.1 Å². The first-order valence-corrected chi connectivity index (χ1v) is 6.19. The zero-order valence-electron chi connectivity index (χ0n) is 8.84. The maximum Gasteiger partial charge on any atom is 0.269 e. The molecule has 1 aromatic rings. The van der Waals surface area contributed by atoms with Crippen molar-refractivity contribution >= 4 is 15.8 Å². The van der Waals surface area contributed by atoms with Crippen LogP contribution in [0.4, 0.5) is 5.69 Å². The van der Waals surface area contributed by atoms with Crippen LogP contribution in [-0.2, 0) is 20.9 Å². The van der Waals surface area contributed by atoms with Gasteiger partial charge in [0, 0.05) is 12.1 Å². The molecule has 0 fully saturated rings. The Morgan fingerprint density at radius 3 is 2.50 bits per heavy atom. The topological polar surface area (TPSA) is 86.5 Å². The van der Waals surface area contributed by atoms with Gasteiger partial charge in [-0.3, -0.25) is 14.3 Å². The van der Waals surface area contributed by atoms with Crippen molar-refractivity contribution in [3.8, 4) is 0 Å². The highest BCUT2D eigenvalue weighted by Crippen LogP contribution is 2.18. The molecule has 7 heteroatoms. The lowest BCUT2D eigenvalue weighted by molar-refractivity contribution is -0.384. The molecule has 6 nitrogen and oxygen atoms in total. The van der Waals surface area contributed by atoms with Gasteiger partial charge in [-0.05, 0) is 24.1 Å². The summed E-state index contributed by atoms with van der Waals surface area (Å²) in [6, 6.07) is 4.17. The van der Waals surface area contributed by atoms with Crippen LogP contribution < -0.4 is 0 Å². The first-order valence-electron chi connectivity index (χ1n) is 4.38. The molecule has 0 spiro atoms. The van der Waals surface area contributed by atoms with E-state index in [-0.39, 0.29) is 12.3 Å². The molecule has 0 amide bonds. The summed E-state index contributed by atoms with van der Waals surface area (Å²) in [5.41, 5.74) is 1.20. The normalized spacial score (nSPS) is 11.4. The minimum absolute atomic E-state index is 0.0272. The fourth-order valence-corrected chi connectivity index (χ4v) is 1.47. The summed E-state index contributed by atoms with van der Waals surface area (Å²) in [6.07, 6.45) is 0.952. The van der Waals surface area contributed by atoms with Crippen molar-refractivity contribution in [2.75, 3.05) is 6.26 Å². The molecule has 0 atom stereocenters. The van der Waals surface area contributed by atoms with E-state index < -0.39 is 15.0 Å². The van der Waals surface area contributed by atoms with Gasteiger partial charge in [0.15, 0.2) is 0 Å². The van der Waals surface area contributed by atoms with Crippen molar-refractivity contribution in [1.29, 1.82) is 0 Å². The minimum Gasteiger partial charge on any atom is -0.265 e. The van der Waals surface area contributed by atoms with Crippen LogP contribution in [0.15, 0.2) is 18.2 Å². The predicted molar refractivity (Wildman–Crippen MR) is 57.5 cm³/mol. The number of hydrogen-bond donors (Lipinski definition) is 0. The third-order valence-corrected chi connectivity index (χ3v) is 2.51. The highest BCUT2D eigenvalue weighted by molar-refractivity contribution is 7.85. The number of nitro groups is 1. The summed E-state index contributed by atoms with van der Waals surface area (Å²) in [7, 11) is -3.50. The van der Waals surface area contributed by atoms with E-state index >= 15 is 0 Å². The zero-order chi connectivity index (χ0) is 12.3. The summed E-state index contributed by atoms with van der Waals surface area (Å²) >= 11 is 0. The van der Waals surface area contributed by atoms with Gasteiger partial charge >= 0.3 is 0 Å². The molecule has 0 saturated heterocycles. The van der Waals surface area contributed by atoms with Gasteiger partial charge in [0.1, 0.15) is 0 Å². The highest BCUT2D eigenvalue weighted by Gasteiger charge is 2.09. The molecule has 1 aromatic carbocycles. The van der Waals surface area contributed by atoms with Gasteiger partial charge < -0.3 is 0 Å². The van der Waals surface area contributed by atoms with E-state index in [1.54, 1.807) is 6.92 Å². The third kappa shape index (κ3) is 3.59. The average molecular weight is 245 g/mol. The van der Waals surface area contributed by atoms with E-state index in [9.17, 15) is 18.5 Å². The van der Waals surface area contributed by atoms with Crippen LogP contribution in [0.3, 0.4) is 0 Å². The van der Waals surface area contributed by atoms with E-state index in [1.807, 2.05) is 0 Å². The Bertz CT molecular complexity index is 509. The van der Waals surface area contributed by atoms with Gasteiger partial charge in [-0.25, -0.2) is 0 Å². The van der Waals surface area contributed by atoms with Crippen LogP contribution in [0, 0.1) is 17.0 Å². The summed E-state index contributed by atoms with van der Waals surface area (Å²) in [5, 5.41) is 10.5. The summed E-state index contributed by atoms with van der Waals surface area (Å²) in [6.45, 7) is 1.55. The number of non-ortho nitro benzene ring substituents is 1. The van der Waals surface area contributed by atoms with Gasteiger partial charge in [0.25, 0.3) is 15.8 Å². The van der Waals surface area contributed by atoms with Crippen LogP contribution in [0.5, 0.6) is 0 Å². The summed E-state index contributed by atoms with van der Waals surface area (Å²) in [5.74, 6) is 0. The Morgan fingerprint density at radius 2 is 2.06 bits per heavy atom. The molecule has 16 heavy (non-hydrogen) atoms. The van der Waals surface area contributed by atoms with Crippen molar-refractivity contribution in [3.05, 3.63) is 39.4 Å². The molecule has 88 valence electrons. The molecule has 1 rings (SSSR count). The Hall–Kier alpha value is -1.47. The Balaban J connectivity index is 2.88. The van der Waals surface area contributed by atoms with Crippen LogP contribution >= 0.6 is 0 Å². The molecule has 0 unspecified atom stereocenters. The Kier molecular flexibility index (Phi) is 3.61. The monoisotopic (exact) mass is 245 g/mol. The second-order valence-electron chi connectivity index (χ2n) is 3.33. The molecular formula is C9H11NO5S. The van der Waals surface area contributed by atoms with Crippen molar-refractivity contribution in [1.82, 2.24) is 0 Å². The molecule has 0 radical (unpaired) electrons. The maximum absolute atomic E-state index is 10.8. The van der Waals surface area contributed by atoms with Crippen LogP contribution in [0.1, 0.15) is 11.1 Å². The first kappa shape index (κ1) is 12.6. The summed E-state index contributed by atoms with van der Waals surface area (Å²) in [4.78, 5) is 9.95. The molecule has 0 N–H and O–H groups in total. The predicted octanol–water partition coefficient (Wildman–Crippen LogP) is 1.38. The van der Waals surface area contributed by atoms with Crippen molar-refractivity contribution in [2.45, 2.75) is 13.5 Å². The van der Waals surface area contributed by atoms with Crippen LogP contribution in [0.25, 0.3) is 0 Å². The fraction of sp³-hybridized carbons (Fsp3) is 0.333. The van der Waals surface area contributed by atoms with Crippen LogP contribution in [-0.4, -0.2) is 19.6 Å². The lowest BCUT2D eigenvalue weighted by Crippen LogP contribution is -2.04. The standard InChI is InChI=1S/C9H11NO5S/c1-7-5-9(10(11)12)4-3-8(7)6-15-16(2,13)14/h3-5H,6H2,1-2H3. The van der Waals surface area contributed by atoms with Crippen molar-refractivity contribution in [3.63, 3.8) is 0 Å². The van der Waals surface area contributed by atoms with Gasteiger partial charge in [0.2, 0.25) is 0 Å². The number of nitrogens with zero attached hydrogens (tertiary/aromatic N) is 1. The second kappa shape index (κ2) is 4.58. The van der Waals surface area contributed by atoms with E-state index in [4.69, 9.17) is 0 Å². The number of benzene rings is 1. The lowest BCUT2D eigenvalue weighted by atomic mass is 10.1. The quantitative estimate of drug-likeness (QED) is 0.454. The summed E-state index contributed by atoms with van der Waals surface area (Å²) < 4.78 is 26.1. The molecule has 0 heterocycles. The molecule has 0 aromatic heterocycles. The SMILES string of the molecule is Cc1cc([N+](=O)[O-])ccc1COS(C)(=O)=O.